The van der Waals surface area contributed by atoms with Gasteiger partial charge in [-0.05, 0) is 64.2 Å². The van der Waals surface area contributed by atoms with Gasteiger partial charge in [-0.15, -0.1) is 0 Å². The first kappa shape index (κ1) is 41.1. The summed E-state index contributed by atoms with van der Waals surface area (Å²) in [5.41, 5.74) is 0. The first-order valence-corrected chi connectivity index (χ1v) is 19.9. The Balaban J connectivity index is 1.34. The van der Waals surface area contributed by atoms with Crippen molar-refractivity contribution in [1.29, 1.82) is 0 Å². The minimum atomic E-state index is -1.00. The smallest absolute Gasteiger partial charge is 0.308 e. The van der Waals surface area contributed by atoms with E-state index in [4.69, 9.17) is 29.0 Å². The Morgan fingerprint density at radius 3 is 1.02 bits per heavy atom. The van der Waals surface area contributed by atoms with Crippen LogP contribution in [0.4, 0.5) is 0 Å². The Labute approximate surface area is 292 Å². The highest BCUT2D eigenvalue weighted by atomic mass is 17.4. The van der Waals surface area contributed by atoms with Crippen LogP contribution in [0.3, 0.4) is 0 Å². The molecule has 1 heterocycles. The summed E-state index contributed by atoms with van der Waals surface area (Å²) in [6.07, 6.45) is 13.2. The lowest BCUT2D eigenvalue weighted by Crippen LogP contribution is -2.54. The molecule has 3 rings (SSSR count). The molecule has 2 aliphatic carbocycles. The van der Waals surface area contributed by atoms with Crippen molar-refractivity contribution >= 4 is 11.9 Å². The minimum absolute atomic E-state index is 0.120. The predicted octanol–water partition coefficient (Wildman–Crippen LogP) is 7.63. The van der Waals surface area contributed by atoms with Gasteiger partial charge in [0.25, 0.3) is 0 Å². The number of esters is 2. The molecule has 0 amide bonds. The van der Waals surface area contributed by atoms with E-state index >= 15 is 0 Å². The topological polar surface area (TPSA) is 89.5 Å². The summed E-state index contributed by atoms with van der Waals surface area (Å²) in [5.74, 6) is -2.58. The number of hydrogen-bond acceptors (Lipinski definition) is 8. The Hall–Kier alpha value is -1.30. The summed E-state index contributed by atoms with van der Waals surface area (Å²) < 4.78 is 13.8. The van der Waals surface area contributed by atoms with Gasteiger partial charge in [-0.1, -0.05) is 41.5 Å². The fourth-order valence-corrected chi connectivity index (χ4v) is 8.82. The summed E-state index contributed by atoms with van der Waals surface area (Å²) in [6.45, 7) is 23.8. The standard InChI is InChI=1S/C38H72N2O8/c1-7-23-39(24-8-2,25-9-3)29-13-31-43-35(41)33-15-19-37(20-16-33)45-47-38(48-46-37)21-17-34(18-22-38)36(42)44-32-14-30-40(26-10-4,27-11-5)28-12-6/h33-34H,7-32H2,1-6H3/q+2. The third-order valence-corrected chi connectivity index (χ3v) is 11.1. The van der Waals surface area contributed by atoms with Crippen molar-refractivity contribution in [2.75, 3.05) is 65.6 Å². The van der Waals surface area contributed by atoms with Gasteiger partial charge in [0.05, 0.1) is 77.4 Å². The minimum Gasteiger partial charge on any atom is -0.465 e. The van der Waals surface area contributed by atoms with Crippen molar-refractivity contribution in [2.24, 2.45) is 11.8 Å². The molecule has 3 fully saturated rings. The molecule has 2 saturated carbocycles. The zero-order valence-electron chi connectivity index (χ0n) is 31.7. The molecule has 0 atom stereocenters. The number of quaternary nitrogens is 2. The fraction of sp³-hybridized carbons (Fsp3) is 0.947. The van der Waals surface area contributed by atoms with Crippen LogP contribution >= 0.6 is 0 Å². The number of carbonyl (C=O) groups excluding carboxylic acids is 2. The zero-order valence-corrected chi connectivity index (χ0v) is 31.7. The van der Waals surface area contributed by atoms with E-state index in [0.29, 0.717) is 64.6 Å². The van der Waals surface area contributed by atoms with Crippen LogP contribution in [0.5, 0.6) is 0 Å². The predicted molar refractivity (Wildman–Crippen MR) is 186 cm³/mol. The summed E-state index contributed by atoms with van der Waals surface area (Å²) in [6, 6.07) is 0. The number of nitrogens with zero attached hydrogens (tertiary/aromatic N) is 2. The highest BCUT2D eigenvalue weighted by Gasteiger charge is 2.53. The van der Waals surface area contributed by atoms with Gasteiger partial charge < -0.3 is 18.4 Å². The Bertz CT molecular complexity index is 810. The fourth-order valence-electron chi connectivity index (χ4n) is 8.82. The van der Waals surface area contributed by atoms with Crippen molar-refractivity contribution in [3.8, 4) is 0 Å². The Morgan fingerprint density at radius 1 is 0.500 bits per heavy atom. The van der Waals surface area contributed by atoms with Crippen LogP contribution < -0.4 is 0 Å². The lowest BCUT2D eigenvalue weighted by molar-refractivity contribution is -0.928. The normalized spacial score (nSPS) is 26.5. The molecule has 1 aliphatic heterocycles. The largest absolute Gasteiger partial charge is 0.465 e. The molecular weight excluding hydrogens is 612 g/mol. The average molecular weight is 685 g/mol. The summed E-state index contributed by atoms with van der Waals surface area (Å²) in [7, 11) is 0. The van der Waals surface area contributed by atoms with Gasteiger partial charge in [-0.25, -0.2) is 0 Å². The van der Waals surface area contributed by atoms with Crippen molar-refractivity contribution in [1.82, 2.24) is 0 Å². The van der Waals surface area contributed by atoms with Crippen molar-refractivity contribution in [2.45, 2.75) is 156 Å². The lowest BCUT2D eigenvalue weighted by atomic mass is 9.84. The van der Waals surface area contributed by atoms with E-state index in [1.54, 1.807) is 0 Å². The maximum absolute atomic E-state index is 12.9. The van der Waals surface area contributed by atoms with Gasteiger partial charge in [0.1, 0.15) is 0 Å². The van der Waals surface area contributed by atoms with Crippen LogP contribution in [-0.4, -0.2) is 98.1 Å². The van der Waals surface area contributed by atoms with Crippen LogP contribution in [0.2, 0.25) is 0 Å². The maximum Gasteiger partial charge on any atom is 0.308 e. The summed E-state index contributed by atoms with van der Waals surface area (Å²) >= 11 is 0. The second-order valence-electron chi connectivity index (χ2n) is 15.2. The van der Waals surface area contributed by atoms with Gasteiger partial charge in [-0.3, -0.25) is 9.59 Å². The quantitative estimate of drug-likeness (QED) is 0.0498. The monoisotopic (exact) mass is 685 g/mol. The van der Waals surface area contributed by atoms with Gasteiger partial charge in [-0.2, -0.15) is 19.6 Å². The molecule has 0 unspecified atom stereocenters. The second-order valence-corrected chi connectivity index (χ2v) is 15.2. The lowest BCUT2D eigenvalue weighted by Gasteiger charge is -2.47. The number of hydrogen-bond donors (Lipinski definition) is 0. The molecule has 3 aliphatic rings. The van der Waals surface area contributed by atoms with Crippen LogP contribution in [0, 0.1) is 11.8 Å². The summed E-state index contributed by atoms with van der Waals surface area (Å²) in [4.78, 5) is 49.3. The first-order valence-electron chi connectivity index (χ1n) is 19.9. The highest BCUT2D eigenvalue weighted by Crippen LogP contribution is 2.46. The molecule has 10 nitrogen and oxygen atoms in total. The van der Waals surface area contributed by atoms with E-state index in [1.807, 2.05) is 0 Å². The molecule has 0 bridgehead atoms. The molecule has 280 valence electrons. The van der Waals surface area contributed by atoms with E-state index in [9.17, 15) is 9.59 Å². The summed E-state index contributed by atoms with van der Waals surface area (Å²) in [5, 5.41) is 0. The molecule has 0 aromatic carbocycles. The number of rotatable bonds is 22. The van der Waals surface area contributed by atoms with Gasteiger partial charge in [0, 0.05) is 38.5 Å². The molecule has 10 heteroatoms. The Morgan fingerprint density at radius 2 is 0.771 bits per heavy atom. The molecular formula is C38H72N2O8+2. The molecule has 2 spiro atoms. The van der Waals surface area contributed by atoms with Crippen LogP contribution in [0.1, 0.15) is 144 Å². The third kappa shape index (κ3) is 11.9. The molecule has 48 heavy (non-hydrogen) atoms. The van der Waals surface area contributed by atoms with Gasteiger partial charge in [0.15, 0.2) is 0 Å². The van der Waals surface area contributed by atoms with E-state index < -0.39 is 11.6 Å². The van der Waals surface area contributed by atoms with E-state index in [-0.39, 0.29) is 23.8 Å². The van der Waals surface area contributed by atoms with E-state index in [1.165, 1.54) is 77.8 Å². The number of carbonyl (C=O) groups is 2. The van der Waals surface area contributed by atoms with Crippen LogP contribution in [-0.2, 0) is 38.6 Å². The molecule has 0 aromatic rings. The molecule has 0 radical (unpaired) electrons. The van der Waals surface area contributed by atoms with Crippen LogP contribution in [0.15, 0.2) is 0 Å². The van der Waals surface area contributed by atoms with Crippen molar-refractivity contribution < 1.29 is 47.6 Å². The number of ether oxygens (including phenoxy) is 2. The maximum atomic E-state index is 12.9. The molecule has 1 saturated heterocycles. The first-order chi connectivity index (χ1) is 23.2. The third-order valence-electron chi connectivity index (χ3n) is 11.1. The van der Waals surface area contributed by atoms with Gasteiger partial charge in [0.2, 0.25) is 11.6 Å². The van der Waals surface area contributed by atoms with Crippen molar-refractivity contribution in [3.63, 3.8) is 0 Å². The van der Waals surface area contributed by atoms with Gasteiger partial charge >= 0.3 is 11.9 Å². The highest BCUT2D eigenvalue weighted by molar-refractivity contribution is 5.73. The SMILES string of the molecule is CCC[N+](CCC)(CCC)CCCOC(=O)C1CCC2(CC1)OOC1(CCC(C(=O)OCCC[N+](CCC)(CCC)CCC)CC1)OO2. The van der Waals surface area contributed by atoms with Crippen LogP contribution in [0.25, 0.3) is 0 Å². The van der Waals surface area contributed by atoms with Crippen molar-refractivity contribution in [3.05, 3.63) is 0 Å². The zero-order chi connectivity index (χ0) is 34.9. The average Bonchev–Trinajstić information content (AvgIpc) is 3.08. The van der Waals surface area contributed by atoms with E-state index in [0.717, 1.165) is 34.9 Å². The second kappa shape index (κ2) is 20.5. The molecule has 0 aromatic heterocycles. The Kier molecular flexibility index (Phi) is 17.6. The van der Waals surface area contributed by atoms with E-state index in [2.05, 4.69) is 41.5 Å². The molecule has 0 N–H and O–H groups in total.